The van der Waals surface area contributed by atoms with E-state index in [1.165, 1.54) is 14.0 Å². The molecule has 0 unspecified atom stereocenters. The normalized spacial score (nSPS) is 10.8. The van der Waals surface area contributed by atoms with Crippen molar-refractivity contribution in [1.82, 2.24) is 10.4 Å². The van der Waals surface area contributed by atoms with Crippen LogP contribution in [0, 0.1) is 13.8 Å². The van der Waals surface area contributed by atoms with E-state index in [4.69, 9.17) is 4.74 Å². The van der Waals surface area contributed by atoms with Crippen LogP contribution in [0.3, 0.4) is 0 Å². The summed E-state index contributed by atoms with van der Waals surface area (Å²) < 4.78 is 5.31. The van der Waals surface area contributed by atoms with Crippen molar-refractivity contribution in [3.05, 3.63) is 64.2 Å². The molecule has 0 spiro atoms. The number of hydrogen-bond acceptors (Lipinski definition) is 5. The molecule has 0 aromatic heterocycles. The molecule has 1 N–H and O–H groups in total. The molecule has 7 nitrogen and oxygen atoms in total. The summed E-state index contributed by atoms with van der Waals surface area (Å²) in [5.74, 6) is -0.762. The molecule has 0 aliphatic carbocycles. The average molecular weight is 410 g/mol. The molecule has 2 amide bonds. The quantitative estimate of drug-likeness (QED) is 0.430. The number of amides is 2. The number of methoxy groups -OCH3 is 1. The molecule has 0 atom stereocenters. The molecule has 30 heavy (non-hydrogen) atoms. The highest BCUT2D eigenvalue weighted by Crippen LogP contribution is 2.23. The Labute approximate surface area is 176 Å². The minimum atomic E-state index is -1.88. The third kappa shape index (κ3) is 4.56. The lowest BCUT2D eigenvalue weighted by Crippen LogP contribution is -2.60. The van der Waals surface area contributed by atoms with E-state index in [-0.39, 0.29) is 11.1 Å². The Balaban J connectivity index is 2.52. The molecule has 7 heteroatoms. The van der Waals surface area contributed by atoms with Gasteiger partial charge in [0.25, 0.3) is 11.8 Å². The van der Waals surface area contributed by atoms with Gasteiger partial charge in [0.15, 0.2) is 18.1 Å². The fraction of sp³-hybridized carbons (Fsp3) is 0.304. The Morgan fingerprint density at radius 3 is 2.20 bits per heavy atom. The Bertz CT molecular complexity index is 955. The molecule has 0 saturated carbocycles. The van der Waals surface area contributed by atoms with Crippen molar-refractivity contribution in [2.45, 2.75) is 39.7 Å². The topological polar surface area (TPSA) is 92.8 Å². The van der Waals surface area contributed by atoms with Crippen molar-refractivity contribution in [3.8, 4) is 5.75 Å². The maximum atomic E-state index is 13.2. The minimum absolute atomic E-state index is 0.254. The smallest absolute Gasteiger partial charge is 0.273 e. The lowest BCUT2D eigenvalue weighted by molar-refractivity contribution is -0.127. The summed E-state index contributed by atoms with van der Waals surface area (Å²) in [6.07, 6.45) is 1.16. The van der Waals surface area contributed by atoms with Crippen molar-refractivity contribution in [2.24, 2.45) is 0 Å². The first-order valence-corrected chi connectivity index (χ1v) is 9.53. The summed E-state index contributed by atoms with van der Waals surface area (Å²) in [6, 6.07) is 10.1. The van der Waals surface area contributed by atoms with Gasteiger partial charge >= 0.3 is 0 Å². The number of hydrazine groups is 1. The maximum absolute atomic E-state index is 13.2. The number of nitrogens with zero attached hydrogens (tertiary/aromatic N) is 1. The molecule has 0 heterocycles. The molecule has 2 aromatic carbocycles. The first kappa shape index (κ1) is 22.8. The zero-order chi connectivity index (χ0) is 22.5. The zero-order valence-corrected chi connectivity index (χ0v) is 17.8. The van der Waals surface area contributed by atoms with Crippen LogP contribution in [0.2, 0.25) is 0 Å². The third-order valence-corrected chi connectivity index (χ3v) is 4.80. The predicted octanol–water partition coefficient (Wildman–Crippen LogP) is 2.82. The van der Waals surface area contributed by atoms with Gasteiger partial charge in [0, 0.05) is 16.7 Å². The van der Waals surface area contributed by atoms with Crippen molar-refractivity contribution >= 4 is 24.4 Å². The van der Waals surface area contributed by atoms with E-state index >= 15 is 0 Å². The van der Waals surface area contributed by atoms with Gasteiger partial charge in [0.05, 0.1) is 7.11 Å². The van der Waals surface area contributed by atoms with E-state index in [1.807, 2.05) is 26.8 Å². The molecule has 0 aliphatic heterocycles. The van der Waals surface area contributed by atoms with Gasteiger partial charge < -0.3 is 14.3 Å². The van der Waals surface area contributed by atoms with Crippen LogP contribution in [0.5, 0.6) is 5.75 Å². The van der Waals surface area contributed by atoms with E-state index in [0.717, 1.165) is 16.1 Å². The fourth-order valence-electron chi connectivity index (χ4n) is 3.25. The Morgan fingerprint density at radius 2 is 1.70 bits per heavy atom. The first-order chi connectivity index (χ1) is 14.2. The number of aryl methyl sites for hydroxylation is 2. The summed E-state index contributed by atoms with van der Waals surface area (Å²) in [5, 5.41) is 0.780. The van der Waals surface area contributed by atoms with Gasteiger partial charge in [0.1, 0.15) is 5.75 Å². The van der Waals surface area contributed by atoms with Gasteiger partial charge in [-0.05, 0) is 51.5 Å². The van der Waals surface area contributed by atoms with Crippen molar-refractivity contribution in [3.63, 3.8) is 0 Å². The Morgan fingerprint density at radius 1 is 1.10 bits per heavy atom. The SMILES string of the molecule is CCc1c(OC)cccc1C(=O)NN(C(=O)c1cc(C)cc(C)c1)C(C)(C=O)C=O. The standard InChI is InChI=1S/C23H26N2O5/c1-6-18-19(8-7-9-20(18)30-5)21(28)24-25(23(4,13-26)14-27)22(29)17-11-15(2)10-16(3)12-17/h7-14H,6H2,1-5H3,(H,24,28). The van der Waals surface area contributed by atoms with Gasteiger partial charge in [-0.1, -0.05) is 30.2 Å². The molecule has 0 radical (unpaired) electrons. The zero-order valence-electron chi connectivity index (χ0n) is 17.8. The monoisotopic (exact) mass is 410 g/mol. The van der Waals surface area contributed by atoms with Gasteiger partial charge in [-0.2, -0.15) is 0 Å². The molecule has 0 fully saturated rings. The fourth-order valence-corrected chi connectivity index (χ4v) is 3.25. The highest BCUT2D eigenvalue weighted by Gasteiger charge is 2.38. The van der Waals surface area contributed by atoms with Crippen LogP contribution in [0.4, 0.5) is 0 Å². The largest absolute Gasteiger partial charge is 0.496 e. The summed E-state index contributed by atoms with van der Waals surface area (Å²) >= 11 is 0. The van der Waals surface area contributed by atoms with Crippen LogP contribution < -0.4 is 10.2 Å². The van der Waals surface area contributed by atoms with Gasteiger partial charge in [0.2, 0.25) is 0 Å². The second-order valence-corrected chi connectivity index (χ2v) is 7.26. The predicted molar refractivity (Wildman–Crippen MR) is 112 cm³/mol. The van der Waals surface area contributed by atoms with E-state index in [9.17, 15) is 19.2 Å². The Kier molecular flexibility index (Phi) is 7.10. The maximum Gasteiger partial charge on any atom is 0.273 e. The van der Waals surface area contributed by atoms with Crippen molar-refractivity contribution in [2.75, 3.05) is 7.11 Å². The number of nitrogens with one attached hydrogen (secondary N) is 1. The number of carbonyl (C=O) groups is 4. The van der Waals surface area contributed by atoms with Gasteiger partial charge in [-0.25, -0.2) is 5.01 Å². The van der Waals surface area contributed by atoms with E-state index in [2.05, 4.69) is 5.43 Å². The van der Waals surface area contributed by atoms with Gasteiger partial charge in [-0.15, -0.1) is 0 Å². The molecule has 0 aliphatic rings. The molecular weight excluding hydrogens is 384 g/mol. The lowest BCUT2D eigenvalue weighted by atomic mass is 10.0. The van der Waals surface area contributed by atoms with Crippen LogP contribution in [0.25, 0.3) is 0 Å². The van der Waals surface area contributed by atoms with Gasteiger partial charge in [-0.3, -0.25) is 15.0 Å². The molecule has 0 bridgehead atoms. The second kappa shape index (κ2) is 9.35. The second-order valence-electron chi connectivity index (χ2n) is 7.26. The van der Waals surface area contributed by atoms with E-state index in [1.54, 1.807) is 30.3 Å². The number of ether oxygens (including phenoxy) is 1. The number of carbonyl (C=O) groups excluding carboxylic acids is 4. The number of hydrogen-bond donors (Lipinski definition) is 1. The highest BCUT2D eigenvalue weighted by atomic mass is 16.5. The average Bonchev–Trinajstić information content (AvgIpc) is 2.74. The summed E-state index contributed by atoms with van der Waals surface area (Å²) in [7, 11) is 1.50. The number of benzene rings is 2. The van der Waals surface area contributed by atoms with Crippen LogP contribution in [0.1, 0.15) is 51.3 Å². The van der Waals surface area contributed by atoms with Crippen LogP contribution in [-0.2, 0) is 16.0 Å². The minimum Gasteiger partial charge on any atom is -0.496 e. The third-order valence-electron chi connectivity index (χ3n) is 4.80. The highest BCUT2D eigenvalue weighted by molar-refractivity contribution is 6.04. The van der Waals surface area contributed by atoms with Crippen LogP contribution >= 0.6 is 0 Å². The molecule has 2 rings (SSSR count). The molecule has 158 valence electrons. The summed E-state index contributed by atoms with van der Waals surface area (Å²) in [6.45, 7) is 6.79. The van der Waals surface area contributed by atoms with Crippen molar-refractivity contribution < 1.29 is 23.9 Å². The van der Waals surface area contributed by atoms with Crippen molar-refractivity contribution in [1.29, 1.82) is 0 Å². The van der Waals surface area contributed by atoms with Crippen LogP contribution in [-0.4, -0.2) is 42.0 Å². The number of rotatable bonds is 7. The summed E-state index contributed by atoms with van der Waals surface area (Å²) in [5.41, 5.74) is 3.45. The molecule has 0 saturated heterocycles. The first-order valence-electron chi connectivity index (χ1n) is 9.53. The van der Waals surface area contributed by atoms with E-state index in [0.29, 0.717) is 30.3 Å². The van der Waals surface area contributed by atoms with E-state index < -0.39 is 17.4 Å². The summed E-state index contributed by atoms with van der Waals surface area (Å²) in [4.78, 5) is 49.7. The lowest BCUT2D eigenvalue weighted by Gasteiger charge is -2.33. The Hall–Kier alpha value is -3.48. The van der Waals surface area contributed by atoms with Crippen LogP contribution in [0.15, 0.2) is 36.4 Å². The molecule has 2 aromatic rings. The number of aldehydes is 2. The molecular formula is C23H26N2O5.